The zero-order chi connectivity index (χ0) is 13.8. The van der Waals surface area contributed by atoms with E-state index in [1.807, 2.05) is 13.0 Å². The third-order valence-corrected chi connectivity index (χ3v) is 3.34. The smallest absolute Gasteiger partial charge is 0.172 e. The summed E-state index contributed by atoms with van der Waals surface area (Å²) in [6, 6.07) is 1.90. The maximum atomic E-state index is 6.24. The molecule has 1 N–H and O–H groups in total. The van der Waals surface area contributed by atoms with Crippen LogP contribution in [0.3, 0.4) is 0 Å². The van der Waals surface area contributed by atoms with Gasteiger partial charge in [-0.15, -0.1) is 0 Å². The summed E-state index contributed by atoms with van der Waals surface area (Å²) in [6.45, 7) is 5.72. The lowest BCUT2D eigenvalue weighted by Crippen LogP contribution is -2.14. The number of nitrogens with one attached hydrogen (secondary N) is 1. The number of aromatic nitrogens is 3. The van der Waals surface area contributed by atoms with Crippen molar-refractivity contribution >= 4 is 23.2 Å². The minimum Gasteiger partial charge on any atom is -0.313 e. The number of pyridine rings is 1. The Balaban J connectivity index is 2.19. The summed E-state index contributed by atoms with van der Waals surface area (Å²) in [5.41, 5.74) is 1.81. The SMILES string of the molecule is CCCNCc1cnc(-n2cc(Cl)c(C)n2)c(Cl)c1. The predicted octanol–water partition coefficient (Wildman–Crippen LogP) is 3.38. The summed E-state index contributed by atoms with van der Waals surface area (Å²) in [6.07, 6.45) is 4.61. The van der Waals surface area contributed by atoms with Gasteiger partial charge in [0.05, 0.1) is 21.9 Å². The number of aryl methyl sites for hydroxylation is 1. The molecule has 0 unspecified atom stereocenters. The summed E-state index contributed by atoms with van der Waals surface area (Å²) in [5, 5.41) is 8.75. The first-order valence-corrected chi connectivity index (χ1v) is 6.94. The first kappa shape index (κ1) is 14.3. The lowest BCUT2D eigenvalue weighted by atomic mass is 10.2. The van der Waals surface area contributed by atoms with Crippen LogP contribution in [-0.4, -0.2) is 21.3 Å². The van der Waals surface area contributed by atoms with Crippen molar-refractivity contribution in [1.82, 2.24) is 20.1 Å². The molecule has 2 rings (SSSR count). The lowest BCUT2D eigenvalue weighted by molar-refractivity contribution is 0.673. The fourth-order valence-electron chi connectivity index (χ4n) is 1.69. The molecule has 4 nitrogen and oxygen atoms in total. The van der Waals surface area contributed by atoms with Crippen LogP contribution in [0.5, 0.6) is 0 Å². The molecule has 0 fully saturated rings. The number of hydrogen-bond acceptors (Lipinski definition) is 3. The van der Waals surface area contributed by atoms with Crippen molar-refractivity contribution < 1.29 is 0 Å². The van der Waals surface area contributed by atoms with Gasteiger partial charge in [0.25, 0.3) is 0 Å². The maximum absolute atomic E-state index is 6.24. The second-order valence-electron chi connectivity index (χ2n) is 4.33. The first-order chi connectivity index (χ1) is 9.11. The van der Waals surface area contributed by atoms with Gasteiger partial charge in [-0.05, 0) is 31.5 Å². The van der Waals surface area contributed by atoms with E-state index >= 15 is 0 Å². The van der Waals surface area contributed by atoms with Crippen LogP contribution in [0.2, 0.25) is 10.0 Å². The van der Waals surface area contributed by atoms with Gasteiger partial charge >= 0.3 is 0 Å². The minimum absolute atomic E-state index is 0.565. The Kier molecular flexibility index (Phi) is 4.80. The zero-order valence-electron chi connectivity index (χ0n) is 11.0. The Morgan fingerprint density at radius 2 is 2.11 bits per heavy atom. The standard InChI is InChI=1S/C13H16Cl2N4/c1-3-4-16-6-10-5-11(14)13(17-7-10)19-8-12(15)9(2)18-19/h5,7-8,16H,3-4,6H2,1-2H3. The molecule has 0 aliphatic heterocycles. The van der Waals surface area contributed by atoms with Gasteiger partial charge in [0.1, 0.15) is 0 Å². The number of rotatable bonds is 5. The Hall–Kier alpha value is -1.10. The molecule has 2 aromatic rings. The molecule has 0 atom stereocenters. The average Bonchev–Trinajstić information content (AvgIpc) is 2.70. The van der Waals surface area contributed by atoms with Crippen LogP contribution in [0.4, 0.5) is 0 Å². The second kappa shape index (κ2) is 6.37. The van der Waals surface area contributed by atoms with Crippen LogP contribution >= 0.6 is 23.2 Å². The summed E-state index contributed by atoms with van der Waals surface area (Å²) >= 11 is 12.2. The molecule has 0 aliphatic carbocycles. The molecule has 102 valence electrons. The van der Waals surface area contributed by atoms with E-state index < -0.39 is 0 Å². The molecule has 0 aromatic carbocycles. The largest absolute Gasteiger partial charge is 0.313 e. The summed E-state index contributed by atoms with van der Waals surface area (Å²) < 4.78 is 1.60. The Labute approximate surface area is 122 Å². The molecule has 6 heteroatoms. The van der Waals surface area contributed by atoms with Gasteiger partial charge in [-0.3, -0.25) is 0 Å². The highest BCUT2D eigenvalue weighted by Crippen LogP contribution is 2.21. The van der Waals surface area contributed by atoms with Gasteiger partial charge in [0, 0.05) is 12.7 Å². The number of hydrogen-bond donors (Lipinski definition) is 1. The summed E-state index contributed by atoms with van der Waals surface area (Å²) in [5.74, 6) is 0.593. The van der Waals surface area contributed by atoms with E-state index in [-0.39, 0.29) is 0 Å². The molecule has 0 amide bonds. The molecular formula is C13H16Cl2N4. The first-order valence-electron chi connectivity index (χ1n) is 6.19. The highest BCUT2D eigenvalue weighted by atomic mass is 35.5. The van der Waals surface area contributed by atoms with Gasteiger partial charge in [-0.2, -0.15) is 5.10 Å². The van der Waals surface area contributed by atoms with Crippen molar-refractivity contribution in [3.05, 3.63) is 39.8 Å². The van der Waals surface area contributed by atoms with Crippen LogP contribution in [-0.2, 0) is 6.54 Å². The molecule has 0 bridgehead atoms. The van der Waals surface area contributed by atoms with Crippen LogP contribution < -0.4 is 5.32 Å². The maximum Gasteiger partial charge on any atom is 0.172 e. The lowest BCUT2D eigenvalue weighted by Gasteiger charge is -2.07. The highest BCUT2D eigenvalue weighted by molar-refractivity contribution is 6.32. The van der Waals surface area contributed by atoms with E-state index in [1.54, 1.807) is 17.1 Å². The highest BCUT2D eigenvalue weighted by Gasteiger charge is 2.09. The van der Waals surface area contributed by atoms with Crippen LogP contribution in [0.1, 0.15) is 24.6 Å². The molecule has 0 saturated heterocycles. The minimum atomic E-state index is 0.565. The monoisotopic (exact) mass is 298 g/mol. The Morgan fingerprint density at radius 3 is 2.68 bits per heavy atom. The van der Waals surface area contributed by atoms with Gasteiger partial charge in [0.15, 0.2) is 5.82 Å². The molecule has 2 heterocycles. The van der Waals surface area contributed by atoms with Crippen molar-refractivity contribution in [1.29, 1.82) is 0 Å². The van der Waals surface area contributed by atoms with E-state index in [0.29, 0.717) is 15.9 Å². The summed E-state index contributed by atoms with van der Waals surface area (Å²) in [7, 11) is 0. The molecule has 2 aromatic heterocycles. The van der Waals surface area contributed by atoms with Gasteiger partial charge in [-0.25, -0.2) is 9.67 Å². The van der Waals surface area contributed by atoms with Gasteiger partial charge < -0.3 is 5.32 Å². The number of halogens is 2. The van der Waals surface area contributed by atoms with Crippen molar-refractivity contribution in [2.75, 3.05) is 6.54 Å². The second-order valence-corrected chi connectivity index (χ2v) is 5.15. The third kappa shape index (κ3) is 3.47. The molecule has 19 heavy (non-hydrogen) atoms. The molecule has 0 spiro atoms. The Morgan fingerprint density at radius 1 is 1.32 bits per heavy atom. The fourth-order valence-corrected chi connectivity index (χ4v) is 2.10. The van der Waals surface area contributed by atoms with Gasteiger partial charge in [0.2, 0.25) is 0 Å². The fraction of sp³-hybridized carbons (Fsp3) is 0.385. The Bertz CT molecular complexity index is 546. The molecule has 0 radical (unpaired) electrons. The van der Waals surface area contributed by atoms with E-state index in [0.717, 1.165) is 30.8 Å². The molecular weight excluding hydrogens is 283 g/mol. The topological polar surface area (TPSA) is 42.7 Å². The zero-order valence-corrected chi connectivity index (χ0v) is 12.5. The van der Waals surface area contributed by atoms with Crippen LogP contribution in [0.25, 0.3) is 5.82 Å². The van der Waals surface area contributed by atoms with E-state index in [4.69, 9.17) is 23.2 Å². The molecule has 0 aliphatic rings. The van der Waals surface area contributed by atoms with Crippen molar-refractivity contribution in [3.63, 3.8) is 0 Å². The predicted molar refractivity (Wildman–Crippen MR) is 78.1 cm³/mol. The number of nitrogens with zero attached hydrogens (tertiary/aromatic N) is 3. The van der Waals surface area contributed by atoms with E-state index in [1.165, 1.54) is 0 Å². The van der Waals surface area contributed by atoms with Gasteiger partial charge in [-0.1, -0.05) is 30.1 Å². The third-order valence-electron chi connectivity index (χ3n) is 2.69. The van der Waals surface area contributed by atoms with Crippen molar-refractivity contribution in [3.8, 4) is 5.82 Å². The van der Waals surface area contributed by atoms with Crippen molar-refractivity contribution in [2.45, 2.75) is 26.8 Å². The van der Waals surface area contributed by atoms with E-state index in [9.17, 15) is 0 Å². The van der Waals surface area contributed by atoms with Crippen LogP contribution in [0.15, 0.2) is 18.5 Å². The molecule has 0 saturated carbocycles. The van der Waals surface area contributed by atoms with Crippen LogP contribution in [0, 0.1) is 6.92 Å². The van der Waals surface area contributed by atoms with Crippen molar-refractivity contribution in [2.24, 2.45) is 0 Å². The quantitative estimate of drug-likeness (QED) is 0.861. The average molecular weight is 299 g/mol. The van der Waals surface area contributed by atoms with E-state index in [2.05, 4.69) is 22.3 Å². The normalized spacial score (nSPS) is 10.9. The summed E-state index contributed by atoms with van der Waals surface area (Å²) in [4.78, 5) is 4.35.